The van der Waals surface area contributed by atoms with Gasteiger partial charge in [-0.15, -0.1) is 11.3 Å². The highest BCUT2D eigenvalue weighted by molar-refractivity contribution is 7.10. The van der Waals surface area contributed by atoms with Gasteiger partial charge >= 0.3 is 0 Å². The van der Waals surface area contributed by atoms with Crippen molar-refractivity contribution < 1.29 is 0 Å². The summed E-state index contributed by atoms with van der Waals surface area (Å²) in [4.78, 5) is 11.8. The van der Waals surface area contributed by atoms with Crippen molar-refractivity contribution >= 4 is 34.5 Å². The fraction of sp³-hybridized carbons (Fsp3) is 0.300. The molecule has 4 rings (SSSR count). The summed E-state index contributed by atoms with van der Waals surface area (Å²) >= 11 is 13.9. The van der Waals surface area contributed by atoms with Crippen molar-refractivity contribution in [3.05, 3.63) is 68.7 Å². The average molecular weight is 404 g/mol. The first-order valence-electron chi connectivity index (χ1n) is 8.72. The third-order valence-electron chi connectivity index (χ3n) is 4.79. The van der Waals surface area contributed by atoms with Crippen LogP contribution < -0.4 is 0 Å². The predicted octanol–water partition coefficient (Wildman–Crippen LogP) is 5.89. The number of halogens is 2. The van der Waals surface area contributed by atoms with Crippen LogP contribution >= 0.6 is 34.5 Å². The highest BCUT2D eigenvalue weighted by atomic mass is 35.5. The van der Waals surface area contributed by atoms with Gasteiger partial charge in [-0.2, -0.15) is 0 Å². The van der Waals surface area contributed by atoms with Gasteiger partial charge in [0.15, 0.2) is 0 Å². The van der Waals surface area contributed by atoms with Gasteiger partial charge in [-0.1, -0.05) is 35.3 Å². The van der Waals surface area contributed by atoms with E-state index in [1.807, 2.05) is 30.5 Å². The van der Waals surface area contributed by atoms with Crippen molar-refractivity contribution in [3.8, 4) is 11.3 Å². The summed E-state index contributed by atoms with van der Waals surface area (Å²) in [6, 6.07) is 11.8. The maximum Gasteiger partial charge on any atom is 0.0964 e. The Kier molecular flexibility index (Phi) is 5.55. The lowest BCUT2D eigenvalue weighted by atomic mass is 9.97. The molecule has 1 fully saturated rings. The molecule has 134 valence electrons. The number of likely N-dealkylation sites (tertiary alicyclic amines) is 1. The van der Waals surface area contributed by atoms with E-state index in [9.17, 15) is 0 Å². The molecule has 0 N–H and O–H groups in total. The highest BCUT2D eigenvalue weighted by Crippen LogP contribution is 2.34. The Morgan fingerprint density at radius 1 is 1.08 bits per heavy atom. The van der Waals surface area contributed by atoms with E-state index in [4.69, 9.17) is 28.2 Å². The first kappa shape index (κ1) is 17.9. The Bertz CT molecular complexity index is 874. The van der Waals surface area contributed by atoms with Crippen molar-refractivity contribution in [2.45, 2.75) is 25.3 Å². The molecule has 0 radical (unpaired) electrons. The van der Waals surface area contributed by atoms with Gasteiger partial charge in [-0.3, -0.25) is 9.88 Å². The van der Waals surface area contributed by atoms with Gasteiger partial charge in [0, 0.05) is 29.6 Å². The van der Waals surface area contributed by atoms with Crippen LogP contribution in [0, 0.1) is 0 Å². The molecule has 2 aromatic heterocycles. The number of pyridine rings is 1. The minimum absolute atomic E-state index is 0.538. The lowest BCUT2D eigenvalue weighted by molar-refractivity contribution is 0.202. The molecule has 3 heterocycles. The summed E-state index contributed by atoms with van der Waals surface area (Å²) in [7, 11) is 0. The summed E-state index contributed by atoms with van der Waals surface area (Å²) in [5.74, 6) is 0.538. The Hall–Kier alpha value is -1.46. The lowest BCUT2D eigenvalue weighted by Gasteiger charge is -2.30. The van der Waals surface area contributed by atoms with Crippen molar-refractivity contribution in [3.63, 3.8) is 0 Å². The predicted molar refractivity (Wildman–Crippen MR) is 109 cm³/mol. The van der Waals surface area contributed by atoms with E-state index in [2.05, 4.69) is 27.4 Å². The quantitative estimate of drug-likeness (QED) is 0.543. The number of piperidine rings is 1. The number of rotatable bonds is 4. The minimum atomic E-state index is 0.538. The molecule has 3 nitrogen and oxygen atoms in total. The number of thiazole rings is 1. The molecule has 0 aliphatic carbocycles. The van der Waals surface area contributed by atoms with Crippen LogP contribution in [0.15, 0.2) is 48.0 Å². The molecular weight excluding hydrogens is 385 g/mol. The van der Waals surface area contributed by atoms with E-state index in [1.54, 1.807) is 11.3 Å². The van der Waals surface area contributed by atoms with Crippen LogP contribution in [-0.4, -0.2) is 28.0 Å². The molecule has 1 aliphatic rings. The number of hydrogen-bond acceptors (Lipinski definition) is 4. The molecule has 0 atom stereocenters. The third kappa shape index (κ3) is 4.09. The summed E-state index contributed by atoms with van der Waals surface area (Å²) in [5.41, 5.74) is 3.15. The lowest BCUT2D eigenvalue weighted by Crippen LogP contribution is -2.32. The van der Waals surface area contributed by atoms with Crippen LogP contribution in [-0.2, 0) is 6.54 Å². The molecule has 3 aromatic rings. The monoisotopic (exact) mass is 403 g/mol. The third-order valence-corrected chi connectivity index (χ3v) is 6.53. The molecule has 0 amide bonds. The summed E-state index contributed by atoms with van der Waals surface area (Å²) in [6.45, 7) is 3.10. The van der Waals surface area contributed by atoms with Crippen LogP contribution in [0.2, 0.25) is 10.0 Å². The number of aromatic nitrogens is 2. The van der Waals surface area contributed by atoms with Crippen molar-refractivity contribution in [2.75, 3.05) is 13.1 Å². The van der Waals surface area contributed by atoms with Crippen LogP contribution in [0.25, 0.3) is 11.3 Å². The first-order chi connectivity index (χ1) is 12.7. The zero-order valence-corrected chi connectivity index (χ0v) is 16.6. The molecule has 0 unspecified atom stereocenters. The molecule has 0 bridgehead atoms. The average Bonchev–Trinajstić information content (AvgIpc) is 3.16. The van der Waals surface area contributed by atoms with Crippen LogP contribution in [0.4, 0.5) is 0 Å². The normalized spacial score (nSPS) is 16.1. The van der Waals surface area contributed by atoms with Crippen molar-refractivity contribution in [1.29, 1.82) is 0 Å². The summed E-state index contributed by atoms with van der Waals surface area (Å²) in [6.07, 6.45) is 4.14. The van der Waals surface area contributed by atoms with Gasteiger partial charge in [0.2, 0.25) is 0 Å². The fourth-order valence-corrected chi connectivity index (χ4v) is 4.62. The Morgan fingerprint density at radius 2 is 1.92 bits per heavy atom. The molecule has 1 saturated heterocycles. The van der Waals surface area contributed by atoms with Crippen LogP contribution in [0.3, 0.4) is 0 Å². The number of hydrogen-bond donors (Lipinski definition) is 0. The Morgan fingerprint density at radius 3 is 2.65 bits per heavy atom. The largest absolute Gasteiger partial charge is 0.297 e. The SMILES string of the molecule is Clc1ccc(-c2csc(C3CCN(Cc4ccccn4)CC3)n2)cc1Cl. The minimum Gasteiger partial charge on any atom is -0.297 e. The zero-order chi connectivity index (χ0) is 17.9. The fourth-order valence-electron chi connectivity index (χ4n) is 3.32. The molecule has 1 aromatic carbocycles. The van der Waals surface area contributed by atoms with E-state index >= 15 is 0 Å². The first-order valence-corrected chi connectivity index (χ1v) is 10.4. The molecule has 1 aliphatic heterocycles. The second kappa shape index (κ2) is 8.05. The Labute approximate surface area is 167 Å². The maximum atomic E-state index is 6.13. The Balaban J connectivity index is 1.39. The smallest absolute Gasteiger partial charge is 0.0964 e. The second-order valence-corrected chi connectivity index (χ2v) is 8.28. The van der Waals surface area contributed by atoms with Gasteiger partial charge in [-0.05, 0) is 50.2 Å². The van der Waals surface area contributed by atoms with Crippen molar-refractivity contribution in [2.24, 2.45) is 0 Å². The van der Waals surface area contributed by atoms with E-state index in [0.717, 1.165) is 49.4 Å². The summed E-state index contributed by atoms with van der Waals surface area (Å²) in [5, 5.41) is 4.49. The molecular formula is C20H19Cl2N3S. The molecule has 0 saturated carbocycles. The van der Waals surface area contributed by atoms with Gasteiger partial charge < -0.3 is 0 Å². The van der Waals surface area contributed by atoms with E-state index < -0.39 is 0 Å². The van der Waals surface area contributed by atoms with E-state index in [1.165, 1.54) is 5.01 Å². The van der Waals surface area contributed by atoms with Gasteiger partial charge in [0.05, 0.1) is 26.4 Å². The van der Waals surface area contributed by atoms with Gasteiger partial charge in [0.25, 0.3) is 0 Å². The maximum absolute atomic E-state index is 6.13. The number of nitrogens with zero attached hydrogens (tertiary/aromatic N) is 3. The molecule has 0 spiro atoms. The topological polar surface area (TPSA) is 29.0 Å². The summed E-state index contributed by atoms with van der Waals surface area (Å²) < 4.78 is 0. The zero-order valence-electron chi connectivity index (χ0n) is 14.2. The highest BCUT2D eigenvalue weighted by Gasteiger charge is 2.23. The molecule has 26 heavy (non-hydrogen) atoms. The van der Waals surface area contributed by atoms with Crippen molar-refractivity contribution in [1.82, 2.24) is 14.9 Å². The standard InChI is InChI=1S/C20H19Cl2N3S/c21-17-5-4-15(11-18(17)22)19-13-26-20(24-19)14-6-9-25(10-7-14)12-16-3-1-2-8-23-16/h1-5,8,11,13-14H,6-7,9-10,12H2. The second-order valence-electron chi connectivity index (χ2n) is 6.57. The van der Waals surface area contributed by atoms with Crippen LogP contribution in [0.5, 0.6) is 0 Å². The molecule has 6 heteroatoms. The van der Waals surface area contributed by atoms with Gasteiger partial charge in [-0.25, -0.2) is 4.98 Å². The number of benzene rings is 1. The van der Waals surface area contributed by atoms with E-state index in [-0.39, 0.29) is 0 Å². The van der Waals surface area contributed by atoms with Gasteiger partial charge in [0.1, 0.15) is 0 Å². The van der Waals surface area contributed by atoms with E-state index in [0.29, 0.717) is 16.0 Å². The van der Waals surface area contributed by atoms with Crippen LogP contribution in [0.1, 0.15) is 29.5 Å².